The molecule has 2 fully saturated rings. The molecule has 5 heterocycles. The number of ether oxygens (including phenoxy) is 8. The number of hydrogen-bond acceptors (Lipinski definition) is 16. The zero-order valence-corrected chi connectivity index (χ0v) is 27.8. The van der Waals surface area contributed by atoms with Crippen LogP contribution in [0, 0.1) is 0 Å². The first kappa shape index (κ1) is 35.5. The number of nitrogens with one attached hydrogen (secondary N) is 1. The zero-order chi connectivity index (χ0) is 35.6. The molecule has 2 aromatic carbocycles. The number of aliphatic hydroxyl groups is 2. The molecule has 0 amide bonds. The second-order valence-corrected chi connectivity index (χ2v) is 13.1. The van der Waals surface area contributed by atoms with Crippen LogP contribution >= 0.6 is 0 Å². The molecule has 51 heavy (non-hydrogen) atoms. The second kappa shape index (κ2) is 15.3. The van der Waals surface area contributed by atoms with Gasteiger partial charge in [-0.25, -0.2) is 0 Å². The third kappa shape index (κ3) is 7.52. The minimum atomic E-state index is -1.46. The predicted octanol–water partition coefficient (Wildman–Crippen LogP) is 0.670. The van der Waals surface area contributed by atoms with Gasteiger partial charge in [-0.15, -0.1) is 0 Å². The van der Waals surface area contributed by atoms with Crippen LogP contribution in [0.2, 0.25) is 0 Å². The van der Waals surface area contributed by atoms with Gasteiger partial charge in [0.25, 0.3) is 0 Å². The molecule has 0 saturated carbocycles. The van der Waals surface area contributed by atoms with Crippen LogP contribution in [0.3, 0.4) is 0 Å². The first-order chi connectivity index (χ1) is 24.7. The number of carboxylic acid groups (broad SMARTS) is 1. The third-order valence-electron chi connectivity index (χ3n) is 9.50. The first-order valence-electron chi connectivity index (χ1n) is 17.0. The lowest BCUT2D eigenvalue weighted by atomic mass is 9.89. The molecule has 0 spiro atoms. The number of carbonyl (C=O) groups excluding carboxylic acids is 1. The Kier molecular flexibility index (Phi) is 10.7. The highest BCUT2D eigenvalue weighted by molar-refractivity contribution is 5.90. The standard InChI is InChI=1S/C34H42N2O15/c1-36-12-16(35)13-43-34-33(29(41)32-31(49-34)23(47-28(40)11-27(38)39)5-2-17(46-32)6-7-37)51-50-18-3-4-22-20(8-18)30-21(14-42-22)19-9-25-26(45-15-44-25)10-24(19)48-30/h3-4,8-10,16-17,21,23,29-34,36-37,41H,2,5-7,11-15,35H2,1H3,(H,38,39)/t16-,17+,21+,23-,29-,30+,31+,32-,33+,34+/m0/s1. The summed E-state index contributed by atoms with van der Waals surface area (Å²) in [6.07, 6.45) is -8.24. The Morgan fingerprint density at radius 2 is 1.84 bits per heavy atom. The van der Waals surface area contributed by atoms with Crippen molar-refractivity contribution in [2.75, 3.05) is 40.2 Å². The molecule has 2 aromatic rings. The average molecular weight is 719 g/mol. The Labute approximate surface area is 292 Å². The van der Waals surface area contributed by atoms with Crippen molar-refractivity contribution in [3.63, 3.8) is 0 Å². The number of carbonyl (C=O) groups is 2. The van der Waals surface area contributed by atoms with Crippen LogP contribution in [-0.2, 0) is 33.4 Å². The summed E-state index contributed by atoms with van der Waals surface area (Å²) < 4.78 is 47.6. The summed E-state index contributed by atoms with van der Waals surface area (Å²) in [5, 5.41) is 33.5. The normalized spacial score (nSPS) is 30.7. The number of aliphatic carboxylic acids is 1. The quantitative estimate of drug-likeness (QED) is 0.0830. The molecule has 6 N–H and O–H groups in total. The van der Waals surface area contributed by atoms with Gasteiger partial charge in [-0.1, -0.05) is 0 Å². The fourth-order valence-electron chi connectivity index (χ4n) is 7.10. The van der Waals surface area contributed by atoms with E-state index >= 15 is 0 Å². The average Bonchev–Trinajstić information content (AvgIpc) is 3.67. The number of likely N-dealkylation sites (N-methyl/N-ethyl adjacent to an activating group) is 1. The lowest BCUT2D eigenvalue weighted by molar-refractivity contribution is -0.380. The van der Waals surface area contributed by atoms with Gasteiger partial charge >= 0.3 is 11.9 Å². The Morgan fingerprint density at radius 1 is 1.02 bits per heavy atom. The van der Waals surface area contributed by atoms with E-state index in [0.29, 0.717) is 42.6 Å². The number of carboxylic acids is 1. The molecule has 17 nitrogen and oxygen atoms in total. The van der Waals surface area contributed by atoms with Crippen LogP contribution in [0.25, 0.3) is 0 Å². The number of fused-ring (bicyclic) bond motifs is 7. The van der Waals surface area contributed by atoms with Crippen LogP contribution in [0.4, 0.5) is 0 Å². The Morgan fingerprint density at radius 3 is 2.63 bits per heavy atom. The van der Waals surface area contributed by atoms with Crippen molar-refractivity contribution >= 4 is 11.9 Å². The number of aliphatic hydroxyl groups excluding tert-OH is 2. The first-order valence-corrected chi connectivity index (χ1v) is 17.0. The summed E-state index contributed by atoms with van der Waals surface area (Å²) in [5.41, 5.74) is 7.84. The second-order valence-electron chi connectivity index (χ2n) is 13.1. The van der Waals surface area contributed by atoms with Crippen molar-refractivity contribution in [2.24, 2.45) is 5.73 Å². The van der Waals surface area contributed by atoms with Gasteiger partial charge in [-0.2, -0.15) is 4.89 Å². The molecule has 0 aromatic heterocycles. The van der Waals surface area contributed by atoms with E-state index in [-0.39, 0.29) is 50.6 Å². The number of hydrogen-bond donors (Lipinski definition) is 5. The molecule has 10 atom stereocenters. The molecule has 5 aliphatic heterocycles. The number of benzene rings is 2. The maximum absolute atomic E-state index is 12.4. The zero-order valence-electron chi connectivity index (χ0n) is 27.8. The smallest absolute Gasteiger partial charge is 0.317 e. The molecule has 2 saturated heterocycles. The monoisotopic (exact) mass is 718 g/mol. The van der Waals surface area contributed by atoms with E-state index in [2.05, 4.69) is 5.32 Å². The molecule has 0 bridgehead atoms. The minimum absolute atomic E-state index is 0.0103. The van der Waals surface area contributed by atoms with Gasteiger partial charge in [-0.3, -0.25) is 9.59 Å². The van der Waals surface area contributed by atoms with E-state index in [0.717, 1.165) is 11.1 Å². The Hall–Kier alpha value is -3.94. The largest absolute Gasteiger partial charge is 0.492 e. The summed E-state index contributed by atoms with van der Waals surface area (Å²) in [7, 11) is 1.74. The molecule has 5 aliphatic rings. The summed E-state index contributed by atoms with van der Waals surface area (Å²) in [4.78, 5) is 35.3. The summed E-state index contributed by atoms with van der Waals surface area (Å²) in [5.74, 6) is 0.394. The number of nitrogens with two attached hydrogens (primary N) is 1. The van der Waals surface area contributed by atoms with Gasteiger partial charge in [0.2, 0.25) is 6.79 Å². The van der Waals surface area contributed by atoms with Gasteiger partial charge < -0.3 is 69.2 Å². The van der Waals surface area contributed by atoms with Crippen molar-refractivity contribution in [3.05, 3.63) is 41.5 Å². The van der Waals surface area contributed by atoms with E-state index in [1.165, 1.54) is 0 Å². The van der Waals surface area contributed by atoms with Crippen molar-refractivity contribution in [2.45, 2.75) is 86.7 Å². The Bertz CT molecular complexity index is 1580. The highest BCUT2D eigenvalue weighted by Gasteiger charge is 2.54. The molecule has 17 heteroatoms. The van der Waals surface area contributed by atoms with Crippen LogP contribution < -0.4 is 34.9 Å². The topological polar surface area (TPSA) is 225 Å². The van der Waals surface area contributed by atoms with Gasteiger partial charge in [0, 0.05) is 36.4 Å². The lowest BCUT2D eigenvalue weighted by Crippen LogP contribution is -2.63. The van der Waals surface area contributed by atoms with Gasteiger partial charge in [0.1, 0.15) is 48.4 Å². The highest BCUT2D eigenvalue weighted by Crippen LogP contribution is 2.54. The van der Waals surface area contributed by atoms with E-state index in [9.17, 15) is 19.8 Å². The minimum Gasteiger partial charge on any atom is -0.492 e. The fraction of sp³-hybridized carbons (Fsp3) is 0.588. The lowest BCUT2D eigenvalue weighted by Gasteiger charge is -2.44. The SMILES string of the molecule is CNC[C@H](N)CO[C@@H]1O[C@H]2[C@@H](O[C@@H](CCO)CC[C@@H]2OC(=O)CC(=O)O)[C@H](O)[C@H]1OOc1ccc2c(c1)[C@H]1Oc3cc4c(cc3[C@H]1CO2)OCO4. The summed E-state index contributed by atoms with van der Waals surface area (Å²) in [6.45, 7) is 0.762. The predicted molar refractivity (Wildman–Crippen MR) is 170 cm³/mol. The van der Waals surface area contributed by atoms with Gasteiger partial charge in [-0.05, 0) is 50.6 Å². The number of rotatable bonds is 13. The van der Waals surface area contributed by atoms with Crippen LogP contribution in [-0.4, -0.2) is 116 Å². The molecule has 278 valence electrons. The van der Waals surface area contributed by atoms with Crippen molar-refractivity contribution in [1.29, 1.82) is 0 Å². The summed E-state index contributed by atoms with van der Waals surface area (Å²) in [6, 6.07) is 8.39. The van der Waals surface area contributed by atoms with Crippen molar-refractivity contribution < 1.29 is 72.6 Å². The van der Waals surface area contributed by atoms with Crippen LogP contribution in [0.15, 0.2) is 30.3 Å². The molecular formula is C34H42N2O15. The van der Waals surface area contributed by atoms with Crippen LogP contribution in [0.1, 0.15) is 48.8 Å². The molecular weight excluding hydrogens is 676 g/mol. The molecule has 0 radical (unpaired) electrons. The van der Waals surface area contributed by atoms with Gasteiger partial charge in [0.15, 0.2) is 29.6 Å². The maximum atomic E-state index is 12.4. The highest BCUT2D eigenvalue weighted by atomic mass is 17.2. The maximum Gasteiger partial charge on any atom is 0.317 e. The van der Waals surface area contributed by atoms with E-state index in [1.54, 1.807) is 25.2 Å². The molecule has 0 unspecified atom stereocenters. The van der Waals surface area contributed by atoms with Crippen LogP contribution in [0.5, 0.6) is 28.7 Å². The fourth-order valence-corrected chi connectivity index (χ4v) is 7.10. The van der Waals surface area contributed by atoms with E-state index < -0.39 is 67.3 Å². The van der Waals surface area contributed by atoms with E-state index in [1.807, 2.05) is 12.1 Å². The number of esters is 1. The Balaban J connectivity index is 1.11. The third-order valence-corrected chi connectivity index (χ3v) is 9.50. The molecule has 7 rings (SSSR count). The van der Waals surface area contributed by atoms with Crippen molar-refractivity contribution in [1.82, 2.24) is 5.32 Å². The summed E-state index contributed by atoms with van der Waals surface area (Å²) >= 11 is 0. The van der Waals surface area contributed by atoms with Crippen molar-refractivity contribution in [3.8, 4) is 28.7 Å². The van der Waals surface area contributed by atoms with E-state index in [4.69, 9.17) is 58.5 Å². The van der Waals surface area contributed by atoms with Gasteiger partial charge in [0.05, 0.1) is 25.2 Å². The molecule has 0 aliphatic carbocycles.